The average molecular weight is 280 g/mol. The highest BCUT2D eigenvalue weighted by atomic mass is 35.5. The van der Waals surface area contributed by atoms with E-state index in [0.717, 1.165) is 30.3 Å². The number of halogens is 1. The second-order valence-corrected chi connectivity index (χ2v) is 4.57. The van der Waals surface area contributed by atoms with Crippen molar-refractivity contribution in [2.45, 2.75) is 18.8 Å². The first kappa shape index (κ1) is 12.3. The van der Waals surface area contributed by atoms with E-state index in [1.54, 1.807) is 6.33 Å². The molecular weight excluding hydrogens is 266 g/mol. The van der Waals surface area contributed by atoms with Crippen molar-refractivity contribution >= 4 is 11.6 Å². The maximum absolute atomic E-state index is 5.79. The fraction of sp³-hybridized carbons (Fsp3) is 0.385. The first-order valence-electron chi connectivity index (χ1n) is 6.18. The van der Waals surface area contributed by atoms with Gasteiger partial charge >= 0.3 is 0 Å². The summed E-state index contributed by atoms with van der Waals surface area (Å²) in [5, 5.41) is 7.81. The standard InChI is InChI=1S/C13H14ClN3O2/c14-8-13-16-15-9-17(13)4-3-10-1-2-11-12(7-10)19-6-5-18-11/h1-2,7,9H,3-6,8H2. The third kappa shape index (κ3) is 2.66. The van der Waals surface area contributed by atoms with E-state index in [9.17, 15) is 0 Å². The summed E-state index contributed by atoms with van der Waals surface area (Å²) >= 11 is 5.79. The highest BCUT2D eigenvalue weighted by molar-refractivity contribution is 6.16. The lowest BCUT2D eigenvalue weighted by molar-refractivity contribution is 0.171. The Labute approximate surface area is 116 Å². The van der Waals surface area contributed by atoms with Gasteiger partial charge in [0.15, 0.2) is 11.5 Å². The summed E-state index contributed by atoms with van der Waals surface area (Å²) < 4.78 is 13.0. The van der Waals surface area contributed by atoms with Gasteiger partial charge in [-0.2, -0.15) is 0 Å². The summed E-state index contributed by atoms with van der Waals surface area (Å²) in [6.45, 7) is 2.03. The molecular formula is C13H14ClN3O2. The smallest absolute Gasteiger partial charge is 0.161 e. The van der Waals surface area contributed by atoms with Crippen molar-refractivity contribution in [2.75, 3.05) is 13.2 Å². The molecule has 1 aliphatic heterocycles. The molecule has 1 aliphatic rings. The minimum atomic E-state index is 0.376. The van der Waals surface area contributed by atoms with E-state index in [1.807, 2.05) is 16.7 Å². The molecule has 0 bridgehead atoms. The number of rotatable bonds is 4. The lowest BCUT2D eigenvalue weighted by Gasteiger charge is -2.18. The summed E-state index contributed by atoms with van der Waals surface area (Å²) in [6, 6.07) is 6.04. The molecule has 5 nitrogen and oxygen atoms in total. The van der Waals surface area contributed by atoms with E-state index in [4.69, 9.17) is 21.1 Å². The molecule has 0 amide bonds. The van der Waals surface area contributed by atoms with Gasteiger partial charge in [-0.1, -0.05) is 6.07 Å². The molecule has 2 heterocycles. The molecule has 0 aliphatic carbocycles. The zero-order chi connectivity index (χ0) is 13.1. The van der Waals surface area contributed by atoms with Crippen molar-refractivity contribution < 1.29 is 9.47 Å². The van der Waals surface area contributed by atoms with Crippen LogP contribution in [0.1, 0.15) is 11.4 Å². The quantitative estimate of drug-likeness (QED) is 0.804. The van der Waals surface area contributed by atoms with Gasteiger partial charge in [-0.05, 0) is 24.1 Å². The highest BCUT2D eigenvalue weighted by Gasteiger charge is 2.11. The molecule has 0 radical (unpaired) electrons. The van der Waals surface area contributed by atoms with Crippen LogP contribution in [0.2, 0.25) is 0 Å². The fourth-order valence-corrected chi connectivity index (χ4v) is 2.27. The molecule has 0 N–H and O–H groups in total. The summed E-state index contributed by atoms with van der Waals surface area (Å²) in [4.78, 5) is 0. The maximum Gasteiger partial charge on any atom is 0.161 e. The largest absolute Gasteiger partial charge is 0.486 e. The monoisotopic (exact) mass is 279 g/mol. The van der Waals surface area contributed by atoms with Crippen molar-refractivity contribution in [2.24, 2.45) is 0 Å². The van der Waals surface area contributed by atoms with Crippen molar-refractivity contribution in [3.8, 4) is 11.5 Å². The SMILES string of the molecule is ClCc1nncn1CCc1ccc2c(c1)OCCO2. The molecule has 0 atom stereocenters. The van der Waals surface area contributed by atoms with Gasteiger partial charge in [0.2, 0.25) is 0 Å². The second-order valence-electron chi connectivity index (χ2n) is 4.30. The van der Waals surface area contributed by atoms with Crippen molar-refractivity contribution in [3.05, 3.63) is 35.9 Å². The number of hydrogen-bond donors (Lipinski definition) is 0. The van der Waals surface area contributed by atoms with Gasteiger partial charge in [0.25, 0.3) is 0 Å². The van der Waals surface area contributed by atoms with Crippen LogP contribution in [0, 0.1) is 0 Å². The summed E-state index contributed by atoms with van der Waals surface area (Å²) in [6.07, 6.45) is 2.58. The Balaban J connectivity index is 1.70. The molecule has 0 saturated heterocycles. The Morgan fingerprint density at radius 3 is 2.89 bits per heavy atom. The van der Waals surface area contributed by atoms with Crippen LogP contribution in [0.4, 0.5) is 0 Å². The fourth-order valence-electron chi connectivity index (χ4n) is 2.06. The molecule has 0 unspecified atom stereocenters. The van der Waals surface area contributed by atoms with E-state index in [1.165, 1.54) is 5.56 Å². The van der Waals surface area contributed by atoms with Crippen LogP contribution in [0.5, 0.6) is 11.5 Å². The number of alkyl halides is 1. The van der Waals surface area contributed by atoms with Crippen LogP contribution < -0.4 is 9.47 Å². The molecule has 2 aromatic rings. The van der Waals surface area contributed by atoms with Crippen molar-refractivity contribution in [3.63, 3.8) is 0 Å². The predicted octanol–water partition coefficient (Wildman–Crippen LogP) is 2.03. The third-order valence-corrected chi connectivity index (χ3v) is 3.30. The van der Waals surface area contributed by atoms with E-state index in [-0.39, 0.29) is 0 Å². The van der Waals surface area contributed by atoms with Crippen LogP contribution >= 0.6 is 11.6 Å². The third-order valence-electron chi connectivity index (χ3n) is 3.06. The number of hydrogen-bond acceptors (Lipinski definition) is 4. The Bertz CT molecular complexity index is 571. The molecule has 0 spiro atoms. The minimum Gasteiger partial charge on any atom is -0.486 e. The van der Waals surface area contributed by atoms with Crippen molar-refractivity contribution in [1.29, 1.82) is 0 Å². The van der Waals surface area contributed by atoms with Crippen LogP contribution in [0.15, 0.2) is 24.5 Å². The zero-order valence-corrected chi connectivity index (χ0v) is 11.1. The Morgan fingerprint density at radius 1 is 1.21 bits per heavy atom. The molecule has 0 saturated carbocycles. The van der Waals surface area contributed by atoms with Crippen LogP contribution in [-0.2, 0) is 18.8 Å². The molecule has 100 valence electrons. The topological polar surface area (TPSA) is 49.2 Å². The van der Waals surface area contributed by atoms with Gasteiger partial charge in [-0.25, -0.2) is 0 Å². The van der Waals surface area contributed by atoms with Gasteiger partial charge < -0.3 is 14.0 Å². The Hall–Kier alpha value is -1.75. The summed E-state index contributed by atoms with van der Waals surface area (Å²) in [7, 11) is 0. The van der Waals surface area contributed by atoms with E-state index in [2.05, 4.69) is 16.3 Å². The minimum absolute atomic E-state index is 0.376. The van der Waals surface area contributed by atoms with E-state index < -0.39 is 0 Å². The van der Waals surface area contributed by atoms with Crippen LogP contribution in [0.3, 0.4) is 0 Å². The summed E-state index contributed by atoms with van der Waals surface area (Å²) in [5.41, 5.74) is 1.19. The molecule has 3 rings (SSSR count). The first-order valence-corrected chi connectivity index (χ1v) is 6.71. The van der Waals surface area contributed by atoms with Gasteiger partial charge in [-0.15, -0.1) is 21.8 Å². The van der Waals surface area contributed by atoms with Crippen LogP contribution in [-0.4, -0.2) is 28.0 Å². The van der Waals surface area contributed by atoms with E-state index >= 15 is 0 Å². The molecule has 6 heteroatoms. The number of benzene rings is 1. The first-order chi connectivity index (χ1) is 9.36. The Morgan fingerprint density at radius 2 is 2.05 bits per heavy atom. The van der Waals surface area contributed by atoms with Gasteiger partial charge in [0.1, 0.15) is 25.4 Å². The van der Waals surface area contributed by atoms with E-state index in [0.29, 0.717) is 19.1 Å². The second kappa shape index (κ2) is 5.48. The number of aromatic nitrogens is 3. The molecule has 1 aromatic carbocycles. The maximum atomic E-state index is 5.79. The van der Waals surface area contributed by atoms with Gasteiger partial charge in [-0.3, -0.25) is 0 Å². The normalized spacial score (nSPS) is 13.5. The number of ether oxygens (including phenoxy) is 2. The zero-order valence-electron chi connectivity index (χ0n) is 10.4. The number of fused-ring (bicyclic) bond motifs is 1. The van der Waals surface area contributed by atoms with Crippen LogP contribution in [0.25, 0.3) is 0 Å². The van der Waals surface area contributed by atoms with Crippen molar-refractivity contribution in [1.82, 2.24) is 14.8 Å². The Kier molecular flexibility index (Phi) is 3.55. The molecule has 0 fully saturated rings. The number of nitrogens with zero attached hydrogens (tertiary/aromatic N) is 3. The van der Waals surface area contributed by atoms with Gasteiger partial charge in [0.05, 0.1) is 5.88 Å². The predicted molar refractivity (Wildman–Crippen MR) is 70.7 cm³/mol. The lowest BCUT2D eigenvalue weighted by Crippen LogP contribution is -2.15. The molecule has 1 aromatic heterocycles. The molecule has 19 heavy (non-hydrogen) atoms. The average Bonchev–Trinajstić information content (AvgIpc) is 2.92. The van der Waals surface area contributed by atoms with Gasteiger partial charge in [0, 0.05) is 6.54 Å². The number of aryl methyl sites for hydroxylation is 2. The summed E-state index contributed by atoms with van der Waals surface area (Å²) in [5.74, 6) is 2.81. The highest BCUT2D eigenvalue weighted by Crippen LogP contribution is 2.30. The lowest BCUT2D eigenvalue weighted by atomic mass is 10.1.